The van der Waals surface area contributed by atoms with Crippen LogP contribution in [0.25, 0.3) is 0 Å². The zero-order valence-electron chi connectivity index (χ0n) is 20.6. The van der Waals surface area contributed by atoms with Gasteiger partial charge in [0.1, 0.15) is 20.6 Å². The number of hydrogen-bond acceptors (Lipinski definition) is 6. The number of carbonyl (C=O) groups excluding carboxylic acids is 1. The van der Waals surface area contributed by atoms with E-state index in [2.05, 4.69) is 6.92 Å². The van der Waals surface area contributed by atoms with Crippen LogP contribution in [0.2, 0.25) is 0 Å². The van der Waals surface area contributed by atoms with E-state index in [0.29, 0.717) is 12.3 Å². The van der Waals surface area contributed by atoms with E-state index in [1.165, 1.54) is 4.73 Å². The second-order valence-corrected chi connectivity index (χ2v) is 9.97. The van der Waals surface area contributed by atoms with Crippen molar-refractivity contribution in [3.8, 4) is 0 Å². The van der Waals surface area contributed by atoms with Gasteiger partial charge in [-0.3, -0.25) is 4.84 Å². The summed E-state index contributed by atoms with van der Waals surface area (Å²) in [4.78, 5) is 16.1. The molecule has 1 fully saturated rings. The van der Waals surface area contributed by atoms with Crippen LogP contribution in [0.4, 0.5) is 22.0 Å². The molecule has 7 nitrogen and oxygen atoms in total. The number of ether oxygens (including phenoxy) is 1. The summed E-state index contributed by atoms with van der Waals surface area (Å²) in [5, 5.41) is 0. The lowest BCUT2D eigenvalue weighted by Gasteiger charge is -2.26. The molecular weight excluding hydrogens is 549 g/mol. The third kappa shape index (κ3) is 7.09. The van der Waals surface area contributed by atoms with E-state index in [4.69, 9.17) is 9.57 Å². The molecule has 1 aliphatic carbocycles. The van der Waals surface area contributed by atoms with E-state index < -0.39 is 44.1 Å². The minimum atomic E-state index is -5.77. The second-order valence-electron chi connectivity index (χ2n) is 8.66. The fraction of sp³-hybridized carbons (Fsp3) is 0.308. The van der Waals surface area contributed by atoms with E-state index in [0.717, 1.165) is 37.7 Å². The molecule has 0 amide bonds. The maximum Gasteiger partial charge on any atom is 0.409 e. The quantitative estimate of drug-likeness (QED) is 0.101. The van der Waals surface area contributed by atoms with Crippen molar-refractivity contribution >= 4 is 16.1 Å². The molecule has 0 bridgehead atoms. The van der Waals surface area contributed by atoms with Gasteiger partial charge in [0, 0.05) is 16.9 Å². The third-order valence-electron chi connectivity index (χ3n) is 6.13. The van der Waals surface area contributed by atoms with Gasteiger partial charge in [-0.1, -0.05) is 37.3 Å². The second kappa shape index (κ2) is 12.5. The highest BCUT2D eigenvalue weighted by atomic mass is 32.2. The Balaban J connectivity index is 0.000000242. The standard InChI is InChI=1S/C20H24NO3.C6HF5O3S/c1-2-20(13-7-8-14-20)24-19(22)18-12-6-9-15-21(18)23-16-17-10-4-3-5-11-17;7-1-2(8)4(10)6(15(12,13)14)5(11)3(1)9/h3-6,9-12,15H,2,7-8,13-14,16H2,1H3;(H,12,13,14)/q+1;/p-1. The Morgan fingerprint density at radius 2 is 1.44 bits per heavy atom. The van der Waals surface area contributed by atoms with Gasteiger partial charge in [0.15, 0.2) is 29.9 Å². The first-order valence-electron chi connectivity index (χ1n) is 11.8. The molecule has 210 valence electrons. The van der Waals surface area contributed by atoms with Gasteiger partial charge < -0.3 is 9.29 Å². The zero-order valence-corrected chi connectivity index (χ0v) is 21.5. The average molecular weight is 574 g/mol. The lowest BCUT2D eigenvalue weighted by Crippen LogP contribution is -2.48. The van der Waals surface area contributed by atoms with Crippen molar-refractivity contribution in [2.75, 3.05) is 0 Å². The van der Waals surface area contributed by atoms with Crippen LogP contribution in [0.15, 0.2) is 59.6 Å². The highest BCUT2D eigenvalue weighted by molar-refractivity contribution is 7.85. The number of halogens is 5. The molecule has 0 aliphatic heterocycles. The first-order valence-corrected chi connectivity index (χ1v) is 13.2. The molecule has 3 aromatic rings. The van der Waals surface area contributed by atoms with E-state index in [1.807, 2.05) is 42.5 Å². The van der Waals surface area contributed by atoms with Crippen molar-refractivity contribution in [3.63, 3.8) is 0 Å². The van der Waals surface area contributed by atoms with Crippen molar-refractivity contribution in [3.05, 3.63) is 95.1 Å². The van der Waals surface area contributed by atoms with Crippen molar-refractivity contribution in [2.24, 2.45) is 0 Å². The number of carbonyl (C=O) groups is 1. The molecule has 13 heteroatoms. The molecule has 39 heavy (non-hydrogen) atoms. The Labute approximate surface area is 221 Å². The van der Waals surface area contributed by atoms with Crippen LogP contribution in [0.1, 0.15) is 55.1 Å². The van der Waals surface area contributed by atoms with Crippen molar-refractivity contribution in [1.29, 1.82) is 0 Å². The predicted molar refractivity (Wildman–Crippen MR) is 124 cm³/mol. The lowest BCUT2D eigenvalue weighted by molar-refractivity contribution is -0.896. The molecule has 0 unspecified atom stereocenters. The van der Waals surface area contributed by atoms with Gasteiger partial charge in [-0.2, -0.15) is 0 Å². The number of rotatable bonds is 7. The minimum absolute atomic E-state index is 0.301. The number of pyridine rings is 1. The van der Waals surface area contributed by atoms with Crippen LogP contribution in [-0.4, -0.2) is 24.5 Å². The minimum Gasteiger partial charge on any atom is -0.744 e. The highest BCUT2D eigenvalue weighted by Gasteiger charge is 2.38. The third-order valence-corrected chi connectivity index (χ3v) is 6.99. The van der Waals surface area contributed by atoms with Crippen molar-refractivity contribution in [2.45, 2.75) is 56.1 Å². The fourth-order valence-electron chi connectivity index (χ4n) is 4.02. The van der Waals surface area contributed by atoms with E-state index in [-0.39, 0.29) is 11.6 Å². The first kappa shape index (κ1) is 30.0. The van der Waals surface area contributed by atoms with Gasteiger partial charge in [-0.05, 0) is 43.7 Å². The summed E-state index contributed by atoms with van der Waals surface area (Å²) in [6.45, 7) is 2.48. The van der Waals surface area contributed by atoms with E-state index >= 15 is 0 Å². The fourth-order valence-corrected chi connectivity index (χ4v) is 4.64. The van der Waals surface area contributed by atoms with E-state index in [1.54, 1.807) is 12.3 Å². The molecule has 4 rings (SSSR count). The Bertz CT molecular complexity index is 1400. The Morgan fingerprint density at radius 3 is 1.97 bits per heavy atom. The van der Waals surface area contributed by atoms with Crippen molar-refractivity contribution in [1.82, 2.24) is 0 Å². The number of nitrogens with zero attached hydrogens (tertiary/aromatic N) is 1. The molecule has 2 aromatic carbocycles. The Kier molecular flexibility index (Phi) is 9.62. The van der Waals surface area contributed by atoms with Gasteiger partial charge >= 0.3 is 11.7 Å². The first-order chi connectivity index (χ1) is 18.4. The zero-order chi connectivity index (χ0) is 28.8. The number of aromatic nitrogens is 1. The summed E-state index contributed by atoms with van der Waals surface area (Å²) in [5.41, 5.74) is 1.17. The maximum absolute atomic E-state index is 12.7. The molecule has 1 aromatic heterocycles. The predicted octanol–water partition coefficient (Wildman–Crippen LogP) is 4.77. The molecule has 1 aliphatic rings. The van der Waals surface area contributed by atoms with Crippen LogP contribution < -0.4 is 9.57 Å². The van der Waals surface area contributed by atoms with Gasteiger partial charge in [0.05, 0.1) is 0 Å². The van der Waals surface area contributed by atoms with E-state index in [9.17, 15) is 39.7 Å². The van der Waals surface area contributed by atoms with Crippen LogP contribution in [0, 0.1) is 29.1 Å². The maximum atomic E-state index is 12.7. The van der Waals surface area contributed by atoms with Gasteiger partial charge in [0.2, 0.25) is 12.0 Å². The van der Waals surface area contributed by atoms with Crippen LogP contribution in [0.5, 0.6) is 0 Å². The van der Waals surface area contributed by atoms with Gasteiger partial charge in [0.25, 0.3) is 0 Å². The molecule has 0 atom stereocenters. The molecule has 0 radical (unpaired) electrons. The molecule has 1 saturated carbocycles. The SMILES string of the molecule is CCC1(OC(=O)c2cccc[n+]2OCc2ccccc2)CCCC1.O=S(=O)([O-])c1c(F)c(F)c(F)c(F)c1F. The van der Waals surface area contributed by atoms with Crippen molar-refractivity contribution < 1.29 is 54.0 Å². The highest BCUT2D eigenvalue weighted by Crippen LogP contribution is 2.36. The molecule has 0 N–H and O–H groups in total. The van der Waals surface area contributed by atoms with Gasteiger partial charge in [-0.25, -0.2) is 35.2 Å². The Morgan fingerprint density at radius 1 is 0.897 bits per heavy atom. The summed E-state index contributed by atoms with van der Waals surface area (Å²) >= 11 is 0. The van der Waals surface area contributed by atoms with Crippen LogP contribution >= 0.6 is 0 Å². The monoisotopic (exact) mass is 573 g/mol. The summed E-state index contributed by atoms with van der Waals surface area (Å²) in [6.07, 6.45) is 6.75. The summed E-state index contributed by atoms with van der Waals surface area (Å²) in [7, 11) is -5.77. The lowest BCUT2D eigenvalue weighted by atomic mass is 9.99. The largest absolute Gasteiger partial charge is 0.744 e. The summed E-state index contributed by atoms with van der Waals surface area (Å²) in [5.74, 6) is -13.1. The number of hydrogen-bond donors (Lipinski definition) is 0. The van der Waals surface area contributed by atoms with Gasteiger partial charge in [-0.15, -0.1) is 0 Å². The number of esters is 1. The normalized spacial score (nSPS) is 14.3. The summed E-state index contributed by atoms with van der Waals surface area (Å²) in [6, 6.07) is 15.3. The van der Waals surface area contributed by atoms with Crippen LogP contribution in [-0.2, 0) is 21.5 Å². The molecular formula is C26H24F5NO6S. The Hall–Kier alpha value is -3.58. The molecule has 0 spiro atoms. The topological polar surface area (TPSA) is 96.6 Å². The van der Waals surface area contributed by atoms with Crippen LogP contribution in [0.3, 0.4) is 0 Å². The summed E-state index contributed by atoms with van der Waals surface area (Å²) < 4.78 is 100. The smallest absolute Gasteiger partial charge is 0.409 e. The molecule has 0 saturated heterocycles. The molecule has 1 heterocycles. The average Bonchev–Trinajstić information content (AvgIpc) is 3.39. The number of benzene rings is 2.